The van der Waals surface area contributed by atoms with E-state index in [2.05, 4.69) is 9.97 Å². The molecule has 0 aliphatic rings. The monoisotopic (exact) mass is 434 g/mol. The summed E-state index contributed by atoms with van der Waals surface area (Å²) in [5.41, 5.74) is 10.1. The van der Waals surface area contributed by atoms with Crippen molar-refractivity contribution in [1.29, 1.82) is 0 Å². The third-order valence-electron chi connectivity index (χ3n) is 3.99. The van der Waals surface area contributed by atoms with Gasteiger partial charge in [0.15, 0.2) is 5.65 Å². The summed E-state index contributed by atoms with van der Waals surface area (Å²) in [4.78, 5) is 13.7. The van der Waals surface area contributed by atoms with Crippen molar-refractivity contribution in [3.05, 3.63) is 68.8 Å². The predicted molar refractivity (Wildman–Crippen MR) is 113 cm³/mol. The lowest BCUT2D eigenvalue weighted by molar-refractivity contribution is 1.23. The minimum atomic E-state index is 0.412. The highest BCUT2D eigenvalue weighted by Gasteiger charge is 2.17. The van der Waals surface area contributed by atoms with Crippen molar-refractivity contribution in [3.63, 3.8) is 0 Å². The Morgan fingerprint density at radius 2 is 1.22 bits per heavy atom. The maximum absolute atomic E-state index is 6.20. The Labute approximate surface area is 174 Å². The number of rotatable bonds is 2. The van der Waals surface area contributed by atoms with Crippen molar-refractivity contribution in [2.24, 2.45) is 0 Å². The summed E-state index contributed by atoms with van der Waals surface area (Å²) in [5.74, 6) is 0. The minimum Gasteiger partial charge on any atom is -0.397 e. The zero-order valence-corrected chi connectivity index (χ0v) is 16.6. The zero-order valence-electron chi connectivity index (χ0n) is 13.5. The van der Waals surface area contributed by atoms with Gasteiger partial charge in [0.2, 0.25) is 0 Å². The molecule has 8 heteroatoms. The Hall–Kier alpha value is -2.11. The number of benzene rings is 2. The second kappa shape index (κ2) is 7.13. The number of nitrogen functional groups attached to an aromatic ring is 1. The van der Waals surface area contributed by atoms with Crippen molar-refractivity contribution >= 4 is 63.3 Å². The van der Waals surface area contributed by atoms with Crippen LogP contribution in [0.15, 0.2) is 48.7 Å². The van der Waals surface area contributed by atoms with Crippen LogP contribution in [0.3, 0.4) is 0 Å². The first-order chi connectivity index (χ1) is 12.9. The Morgan fingerprint density at radius 1 is 0.667 bits per heavy atom. The van der Waals surface area contributed by atoms with Gasteiger partial charge in [0.05, 0.1) is 37.2 Å². The standard InChI is InChI=1S/C19H10Cl4N4/c20-11-3-1-9(7-13(11)22)16-17(10-2-4-12(21)14(23)8-10)27-19-18(26-16)15(24)5-6-25-19/h1-8H,(H2,24,25,27). The smallest absolute Gasteiger partial charge is 0.180 e. The third-order valence-corrected chi connectivity index (χ3v) is 5.47. The van der Waals surface area contributed by atoms with E-state index in [4.69, 9.17) is 57.1 Å². The molecule has 2 aromatic heterocycles. The van der Waals surface area contributed by atoms with Crippen molar-refractivity contribution < 1.29 is 0 Å². The first kappa shape index (κ1) is 18.3. The molecule has 0 saturated carbocycles. The van der Waals surface area contributed by atoms with Gasteiger partial charge in [-0.1, -0.05) is 58.5 Å². The second-order valence-electron chi connectivity index (χ2n) is 5.75. The molecule has 4 aromatic rings. The summed E-state index contributed by atoms with van der Waals surface area (Å²) in [5, 5.41) is 1.73. The first-order valence-electron chi connectivity index (χ1n) is 7.77. The maximum atomic E-state index is 6.20. The van der Waals surface area contributed by atoms with Gasteiger partial charge in [-0.3, -0.25) is 0 Å². The number of halogens is 4. The molecule has 0 aliphatic heterocycles. The van der Waals surface area contributed by atoms with Gasteiger partial charge in [0, 0.05) is 17.3 Å². The number of fused-ring (bicyclic) bond motifs is 1. The van der Waals surface area contributed by atoms with Crippen LogP contribution in [0, 0.1) is 0 Å². The lowest BCUT2D eigenvalue weighted by atomic mass is 10.0. The van der Waals surface area contributed by atoms with E-state index >= 15 is 0 Å². The summed E-state index contributed by atoms with van der Waals surface area (Å²) < 4.78 is 0. The normalized spacial score (nSPS) is 11.1. The molecular weight excluding hydrogens is 426 g/mol. The quantitative estimate of drug-likeness (QED) is 0.387. The van der Waals surface area contributed by atoms with Gasteiger partial charge < -0.3 is 5.73 Å². The molecule has 0 fully saturated rings. The summed E-state index contributed by atoms with van der Waals surface area (Å²) in [6, 6.07) is 12.2. The first-order valence-corrected chi connectivity index (χ1v) is 9.28. The van der Waals surface area contributed by atoms with E-state index < -0.39 is 0 Å². The highest BCUT2D eigenvalue weighted by atomic mass is 35.5. The number of anilines is 1. The molecule has 4 rings (SSSR count). The Balaban J connectivity index is 2.05. The molecule has 0 spiro atoms. The Bertz CT molecular complexity index is 1190. The third kappa shape index (κ3) is 3.42. The van der Waals surface area contributed by atoms with E-state index in [1.54, 1.807) is 36.5 Å². The number of nitrogens with zero attached hydrogens (tertiary/aromatic N) is 3. The van der Waals surface area contributed by atoms with Crippen LogP contribution in [0.4, 0.5) is 5.69 Å². The summed E-state index contributed by atoms with van der Waals surface area (Å²) >= 11 is 24.5. The van der Waals surface area contributed by atoms with E-state index in [1.165, 1.54) is 0 Å². The molecule has 2 N–H and O–H groups in total. The van der Waals surface area contributed by atoms with Crippen molar-refractivity contribution in [2.45, 2.75) is 0 Å². The van der Waals surface area contributed by atoms with E-state index in [9.17, 15) is 0 Å². The van der Waals surface area contributed by atoms with Crippen LogP contribution in [-0.2, 0) is 0 Å². The van der Waals surface area contributed by atoms with Crippen LogP contribution < -0.4 is 5.73 Å². The van der Waals surface area contributed by atoms with Gasteiger partial charge in [-0.2, -0.15) is 0 Å². The molecule has 0 saturated heterocycles. The molecule has 0 atom stereocenters. The fourth-order valence-electron chi connectivity index (χ4n) is 2.67. The van der Waals surface area contributed by atoms with E-state index in [1.807, 2.05) is 12.1 Å². The number of hydrogen-bond acceptors (Lipinski definition) is 4. The fourth-order valence-corrected chi connectivity index (χ4v) is 3.26. The molecule has 27 heavy (non-hydrogen) atoms. The summed E-state index contributed by atoms with van der Waals surface area (Å²) in [6.07, 6.45) is 1.59. The van der Waals surface area contributed by atoms with Gasteiger partial charge in [-0.25, -0.2) is 15.0 Å². The van der Waals surface area contributed by atoms with E-state index in [-0.39, 0.29) is 0 Å². The van der Waals surface area contributed by atoms with Crippen LogP contribution in [0.1, 0.15) is 0 Å². The van der Waals surface area contributed by atoms with Crippen LogP contribution in [0.5, 0.6) is 0 Å². The van der Waals surface area contributed by atoms with Gasteiger partial charge in [0.1, 0.15) is 5.52 Å². The molecule has 134 valence electrons. The molecule has 2 heterocycles. The molecule has 0 radical (unpaired) electrons. The van der Waals surface area contributed by atoms with Crippen molar-refractivity contribution in [3.8, 4) is 22.5 Å². The molecule has 2 aromatic carbocycles. The topological polar surface area (TPSA) is 64.7 Å². The average Bonchev–Trinajstić information content (AvgIpc) is 2.66. The lowest BCUT2D eigenvalue weighted by Crippen LogP contribution is -2.00. The fraction of sp³-hybridized carbons (Fsp3) is 0. The van der Waals surface area contributed by atoms with Crippen molar-refractivity contribution in [1.82, 2.24) is 15.0 Å². The van der Waals surface area contributed by atoms with Gasteiger partial charge >= 0.3 is 0 Å². The predicted octanol–water partition coefficient (Wildman–Crippen LogP) is 6.55. The minimum absolute atomic E-state index is 0.412. The van der Waals surface area contributed by atoms with Crippen LogP contribution >= 0.6 is 46.4 Å². The number of pyridine rings is 1. The van der Waals surface area contributed by atoms with Crippen LogP contribution in [-0.4, -0.2) is 15.0 Å². The molecule has 0 unspecified atom stereocenters. The number of nitrogens with two attached hydrogens (primary N) is 1. The van der Waals surface area contributed by atoms with Crippen molar-refractivity contribution in [2.75, 3.05) is 5.73 Å². The Morgan fingerprint density at radius 3 is 1.78 bits per heavy atom. The average molecular weight is 436 g/mol. The van der Waals surface area contributed by atoms with Crippen LogP contribution in [0.25, 0.3) is 33.7 Å². The number of hydrogen-bond donors (Lipinski definition) is 1. The molecule has 0 aliphatic carbocycles. The van der Waals surface area contributed by atoms with Gasteiger partial charge in [-0.15, -0.1) is 0 Å². The van der Waals surface area contributed by atoms with Crippen LogP contribution in [0.2, 0.25) is 20.1 Å². The zero-order chi connectivity index (χ0) is 19.1. The Kier molecular flexibility index (Phi) is 4.82. The highest BCUT2D eigenvalue weighted by Crippen LogP contribution is 2.36. The highest BCUT2D eigenvalue weighted by molar-refractivity contribution is 6.42. The maximum Gasteiger partial charge on any atom is 0.180 e. The molecule has 4 nitrogen and oxygen atoms in total. The molecule has 0 amide bonds. The lowest BCUT2D eigenvalue weighted by Gasteiger charge is -2.12. The van der Waals surface area contributed by atoms with Gasteiger partial charge in [0.25, 0.3) is 0 Å². The second-order valence-corrected chi connectivity index (χ2v) is 7.38. The van der Waals surface area contributed by atoms with E-state index in [0.717, 1.165) is 11.1 Å². The summed E-state index contributed by atoms with van der Waals surface area (Å²) in [7, 11) is 0. The van der Waals surface area contributed by atoms with E-state index in [0.29, 0.717) is 48.3 Å². The number of aromatic nitrogens is 3. The molecular formula is C19H10Cl4N4. The largest absolute Gasteiger partial charge is 0.397 e. The van der Waals surface area contributed by atoms with Gasteiger partial charge in [-0.05, 0) is 30.3 Å². The SMILES string of the molecule is Nc1ccnc2nc(-c3ccc(Cl)c(Cl)c3)c(-c3ccc(Cl)c(Cl)c3)nc12. The summed E-state index contributed by atoms with van der Waals surface area (Å²) in [6.45, 7) is 0. The molecule has 0 bridgehead atoms.